The highest BCUT2D eigenvalue weighted by Crippen LogP contribution is 2.67. The van der Waals surface area contributed by atoms with Crippen LogP contribution in [0, 0.1) is 23.7 Å². The molecule has 10 heteroatoms. The molecule has 1 aromatic carbocycles. The Kier molecular flexibility index (Phi) is 4.82. The van der Waals surface area contributed by atoms with Gasteiger partial charge in [-0.2, -0.15) is 9.97 Å². The number of aromatic nitrogens is 4. The number of nitrogens with zero attached hydrogens (tertiary/aromatic N) is 4. The Bertz CT molecular complexity index is 1270. The fourth-order valence-corrected chi connectivity index (χ4v) is 5.14. The van der Waals surface area contributed by atoms with Gasteiger partial charge < -0.3 is 25.4 Å². The zero-order valence-electron chi connectivity index (χ0n) is 17.2. The smallest absolute Gasteiger partial charge is 0.229 e. The number of aliphatic hydroxyl groups is 2. The number of carbonyl (C=O) groups excluding carboxylic acids is 1. The second-order valence-corrected chi connectivity index (χ2v) is 8.56. The molecule has 0 spiro atoms. The van der Waals surface area contributed by atoms with E-state index in [-0.39, 0.29) is 17.1 Å². The summed E-state index contributed by atoms with van der Waals surface area (Å²) in [5, 5.41) is 27.2. The molecule has 2 saturated carbocycles. The first-order chi connectivity index (χ1) is 15.4. The van der Waals surface area contributed by atoms with Crippen molar-refractivity contribution in [1.82, 2.24) is 24.8 Å². The third kappa shape index (κ3) is 2.95. The minimum absolute atomic E-state index is 0.0144. The third-order valence-corrected chi connectivity index (χ3v) is 6.76. The summed E-state index contributed by atoms with van der Waals surface area (Å²) >= 11 is 6.20. The van der Waals surface area contributed by atoms with Crippen molar-refractivity contribution in [1.29, 1.82) is 0 Å². The molecule has 5 rings (SSSR count). The van der Waals surface area contributed by atoms with E-state index in [1.165, 1.54) is 7.05 Å². The number of halogens is 1. The van der Waals surface area contributed by atoms with Crippen molar-refractivity contribution in [2.24, 2.45) is 11.3 Å². The fourth-order valence-electron chi connectivity index (χ4n) is 4.97. The summed E-state index contributed by atoms with van der Waals surface area (Å²) in [7, 11) is 1.52. The van der Waals surface area contributed by atoms with Crippen LogP contribution in [0.15, 0.2) is 30.6 Å². The van der Waals surface area contributed by atoms with Crippen LogP contribution in [-0.4, -0.2) is 54.9 Å². The van der Waals surface area contributed by atoms with Crippen molar-refractivity contribution in [2.75, 3.05) is 12.4 Å². The second kappa shape index (κ2) is 7.45. The Morgan fingerprint density at radius 1 is 1.41 bits per heavy atom. The lowest BCUT2D eigenvalue weighted by Gasteiger charge is -2.23. The van der Waals surface area contributed by atoms with Crippen LogP contribution in [0.2, 0.25) is 5.28 Å². The number of hydrogen-bond acceptors (Lipinski definition) is 7. The molecule has 2 aliphatic rings. The minimum atomic E-state index is -1.17. The van der Waals surface area contributed by atoms with Gasteiger partial charge in [0.2, 0.25) is 11.2 Å². The summed E-state index contributed by atoms with van der Waals surface area (Å²) in [6.45, 7) is 0.442. The predicted octanol–water partition coefficient (Wildman–Crippen LogP) is 1.10. The molecule has 2 aromatic heterocycles. The molecular weight excluding hydrogens is 432 g/mol. The van der Waals surface area contributed by atoms with E-state index in [1.807, 2.05) is 24.3 Å². The molecule has 2 heterocycles. The first kappa shape index (κ1) is 20.7. The molecule has 164 valence electrons. The van der Waals surface area contributed by atoms with Gasteiger partial charge in [0.05, 0.1) is 23.9 Å². The van der Waals surface area contributed by atoms with E-state index in [9.17, 15) is 15.0 Å². The summed E-state index contributed by atoms with van der Waals surface area (Å²) in [6, 6.07) is 7.01. The first-order valence-corrected chi connectivity index (χ1v) is 10.6. The largest absolute Gasteiger partial charge is 0.389 e. The van der Waals surface area contributed by atoms with Gasteiger partial charge in [-0.25, -0.2) is 4.98 Å². The standard InChI is InChI=1S/C22H21ClN6O3/c1-3-11-5-4-6-12(7-11)9-25-18-14-19(28-21(23)27-18)29(10-26-14)15-13-8-22(13,20(32)24-2)17(31)16(15)30/h1,4-7,10,13,15-17,30-31H,8-9H2,2H3,(H,24,32)(H,25,27,28)/t13-,15-,16-,17?,22+/m1/s1. The number of hydrogen-bond donors (Lipinski definition) is 4. The van der Waals surface area contributed by atoms with Crippen molar-refractivity contribution in [3.63, 3.8) is 0 Å². The van der Waals surface area contributed by atoms with Crippen LogP contribution in [0.4, 0.5) is 5.82 Å². The molecule has 0 radical (unpaired) electrons. The van der Waals surface area contributed by atoms with Crippen LogP contribution in [0.5, 0.6) is 0 Å². The van der Waals surface area contributed by atoms with Gasteiger partial charge >= 0.3 is 0 Å². The molecule has 1 unspecified atom stereocenters. The average molecular weight is 453 g/mol. The maximum absolute atomic E-state index is 12.4. The van der Waals surface area contributed by atoms with E-state index in [4.69, 9.17) is 18.0 Å². The van der Waals surface area contributed by atoms with E-state index in [0.29, 0.717) is 29.9 Å². The highest BCUT2D eigenvalue weighted by Gasteiger charge is 2.75. The number of rotatable bonds is 5. The average Bonchev–Trinajstić information content (AvgIpc) is 3.34. The highest BCUT2D eigenvalue weighted by molar-refractivity contribution is 6.28. The van der Waals surface area contributed by atoms with Crippen LogP contribution < -0.4 is 10.6 Å². The minimum Gasteiger partial charge on any atom is -0.389 e. The molecule has 0 saturated heterocycles. The first-order valence-electron chi connectivity index (χ1n) is 10.2. The molecule has 4 N–H and O–H groups in total. The van der Waals surface area contributed by atoms with Crippen LogP contribution in [0.25, 0.3) is 11.2 Å². The molecule has 0 aliphatic heterocycles. The fraction of sp³-hybridized carbons (Fsp3) is 0.364. The molecule has 5 atom stereocenters. The number of anilines is 1. The summed E-state index contributed by atoms with van der Waals surface area (Å²) < 4.78 is 1.68. The molecule has 2 fully saturated rings. The van der Waals surface area contributed by atoms with Gasteiger partial charge in [-0.15, -0.1) is 6.42 Å². The van der Waals surface area contributed by atoms with Crippen LogP contribution in [0.3, 0.4) is 0 Å². The van der Waals surface area contributed by atoms with Crippen molar-refractivity contribution in [3.05, 3.63) is 47.0 Å². The third-order valence-electron chi connectivity index (χ3n) is 6.59. The van der Waals surface area contributed by atoms with Crippen molar-refractivity contribution < 1.29 is 15.0 Å². The van der Waals surface area contributed by atoms with Gasteiger partial charge in [0, 0.05) is 25.1 Å². The maximum atomic E-state index is 12.4. The highest BCUT2D eigenvalue weighted by atomic mass is 35.5. The summed E-state index contributed by atoms with van der Waals surface area (Å²) in [5.74, 6) is 2.54. The predicted molar refractivity (Wildman–Crippen MR) is 118 cm³/mol. The monoisotopic (exact) mass is 452 g/mol. The number of amides is 1. The topological polar surface area (TPSA) is 125 Å². The number of carbonyl (C=O) groups is 1. The van der Waals surface area contributed by atoms with E-state index in [0.717, 1.165) is 11.1 Å². The summed E-state index contributed by atoms with van der Waals surface area (Å²) in [6.07, 6.45) is 5.18. The lowest BCUT2D eigenvalue weighted by Crippen LogP contribution is -2.41. The molecule has 3 aromatic rings. The van der Waals surface area contributed by atoms with Crippen LogP contribution in [-0.2, 0) is 11.3 Å². The van der Waals surface area contributed by atoms with Gasteiger partial charge in [-0.05, 0) is 35.7 Å². The lowest BCUT2D eigenvalue weighted by atomic mass is 9.98. The molecule has 2 aliphatic carbocycles. The van der Waals surface area contributed by atoms with Crippen molar-refractivity contribution in [3.8, 4) is 12.3 Å². The SMILES string of the molecule is C#Cc1cccc(CNc2nc(Cl)nc3c2ncn3[C@@H]2[C@H]3C[C@@]3(C(=O)NC)C(O)[C@@H]2O)c1. The molecular formula is C22H21ClN6O3. The molecule has 0 bridgehead atoms. The van der Waals surface area contributed by atoms with Crippen LogP contribution in [0.1, 0.15) is 23.6 Å². The van der Waals surface area contributed by atoms with Gasteiger partial charge in [0.1, 0.15) is 6.10 Å². The van der Waals surface area contributed by atoms with Crippen molar-refractivity contribution in [2.45, 2.75) is 31.2 Å². The Labute approximate surface area is 188 Å². The van der Waals surface area contributed by atoms with Crippen LogP contribution >= 0.6 is 11.6 Å². The molecule has 9 nitrogen and oxygen atoms in total. The normalized spacial score (nSPS) is 28.2. The Hall–Kier alpha value is -3.19. The van der Waals surface area contributed by atoms with E-state index in [1.54, 1.807) is 10.9 Å². The van der Waals surface area contributed by atoms with E-state index < -0.39 is 23.7 Å². The molecule has 1 amide bonds. The Morgan fingerprint density at radius 3 is 2.97 bits per heavy atom. The number of terminal acetylenes is 1. The summed E-state index contributed by atoms with van der Waals surface area (Å²) in [4.78, 5) is 25.4. The van der Waals surface area contributed by atoms with E-state index in [2.05, 4.69) is 31.5 Å². The quantitative estimate of drug-likeness (QED) is 0.337. The van der Waals surface area contributed by atoms with Crippen molar-refractivity contribution >= 4 is 34.5 Å². The number of aliphatic hydroxyl groups excluding tert-OH is 2. The number of benzene rings is 1. The zero-order valence-corrected chi connectivity index (χ0v) is 17.9. The summed E-state index contributed by atoms with van der Waals surface area (Å²) in [5.41, 5.74) is 1.64. The Balaban J connectivity index is 1.48. The maximum Gasteiger partial charge on any atom is 0.229 e. The zero-order chi connectivity index (χ0) is 22.6. The van der Waals surface area contributed by atoms with Gasteiger partial charge in [0.25, 0.3) is 0 Å². The Morgan fingerprint density at radius 2 is 2.22 bits per heavy atom. The van der Waals surface area contributed by atoms with Gasteiger partial charge in [-0.3, -0.25) is 4.79 Å². The van der Waals surface area contributed by atoms with E-state index >= 15 is 0 Å². The van der Waals surface area contributed by atoms with Gasteiger partial charge in [-0.1, -0.05) is 18.1 Å². The second-order valence-electron chi connectivity index (χ2n) is 8.22. The lowest BCUT2D eigenvalue weighted by molar-refractivity contribution is -0.132. The number of nitrogens with one attached hydrogen (secondary N) is 2. The molecule has 32 heavy (non-hydrogen) atoms. The van der Waals surface area contributed by atoms with Gasteiger partial charge in [0.15, 0.2) is 17.0 Å². The number of imidazole rings is 1. The number of fused-ring (bicyclic) bond motifs is 2.